The van der Waals surface area contributed by atoms with Crippen molar-refractivity contribution >= 4 is 45.8 Å². The number of carbonyl (C=O) groups is 2. The standard InChI is InChI=1S/C17H18BrN3O3.ClH/c18-15-6-5-14(24-15)16(22)20-13-4-1-3-12(11-13)17(23)21-9-2-7-19-8-10-21;/h1,3-6,11,19H,2,7-10H2,(H,20,22);1H. The fourth-order valence-electron chi connectivity index (χ4n) is 2.59. The average Bonchev–Trinajstić information content (AvgIpc) is 2.85. The summed E-state index contributed by atoms with van der Waals surface area (Å²) in [5, 5.41) is 6.02. The number of benzene rings is 1. The van der Waals surface area contributed by atoms with Crippen molar-refractivity contribution in [1.29, 1.82) is 0 Å². The number of rotatable bonds is 3. The molecule has 0 bridgehead atoms. The van der Waals surface area contributed by atoms with Gasteiger partial charge in [0.1, 0.15) is 0 Å². The molecule has 1 aliphatic heterocycles. The van der Waals surface area contributed by atoms with Crippen LogP contribution < -0.4 is 10.6 Å². The summed E-state index contributed by atoms with van der Waals surface area (Å²) >= 11 is 3.17. The van der Waals surface area contributed by atoms with Crippen LogP contribution in [-0.2, 0) is 0 Å². The van der Waals surface area contributed by atoms with Crippen LogP contribution in [-0.4, -0.2) is 42.9 Å². The number of amides is 2. The highest BCUT2D eigenvalue weighted by atomic mass is 79.9. The molecular weight excluding hydrogens is 410 g/mol. The van der Waals surface area contributed by atoms with Crippen LogP contribution in [0.15, 0.2) is 45.5 Å². The third-order valence-corrected chi connectivity index (χ3v) is 4.22. The second-order valence-electron chi connectivity index (χ2n) is 5.53. The van der Waals surface area contributed by atoms with Gasteiger partial charge in [0.15, 0.2) is 10.4 Å². The van der Waals surface area contributed by atoms with Crippen LogP contribution in [0.25, 0.3) is 0 Å². The minimum Gasteiger partial charge on any atom is -0.444 e. The van der Waals surface area contributed by atoms with Crippen molar-refractivity contribution in [1.82, 2.24) is 10.2 Å². The minimum atomic E-state index is -0.357. The first-order valence-corrected chi connectivity index (χ1v) is 8.59. The molecule has 1 aromatic heterocycles. The Bertz CT molecular complexity index is 742. The van der Waals surface area contributed by atoms with E-state index in [0.29, 0.717) is 22.5 Å². The maximum Gasteiger partial charge on any atom is 0.291 e. The lowest BCUT2D eigenvalue weighted by Crippen LogP contribution is -2.34. The van der Waals surface area contributed by atoms with Crippen molar-refractivity contribution in [2.24, 2.45) is 0 Å². The van der Waals surface area contributed by atoms with Gasteiger partial charge in [-0.2, -0.15) is 0 Å². The maximum absolute atomic E-state index is 12.6. The molecule has 0 atom stereocenters. The Hall–Kier alpha value is -1.83. The summed E-state index contributed by atoms with van der Waals surface area (Å²) in [6, 6.07) is 10.2. The second-order valence-corrected chi connectivity index (χ2v) is 6.32. The highest BCUT2D eigenvalue weighted by molar-refractivity contribution is 9.10. The van der Waals surface area contributed by atoms with Crippen LogP contribution in [0.1, 0.15) is 27.3 Å². The van der Waals surface area contributed by atoms with Crippen LogP contribution in [0.4, 0.5) is 5.69 Å². The van der Waals surface area contributed by atoms with Crippen molar-refractivity contribution in [3.63, 3.8) is 0 Å². The van der Waals surface area contributed by atoms with E-state index in [0.717, 1.165) is 26.1 Å². The van der Waals surface area contributed by atoms with Crippen LogP contribution in [0.3, 0.4) is 0 Å². The van der Waals surface area contributed by atoms with Crippen molar-refractivity contribution < 1.29 is 14.0 Å². The van der Waals surface area contributed by atoms with Crippen LogP contribution in [0, 0.1) is 0 Å². The molecule has 2 heterocycles. The summed E-state index contributed by atoms with van der Waals surface area (Å²) in [5.41, 5.74) is 1.13. The molecule has 0 unspecified atom stereocenters. The summed E-state index contributed by atoms with van der Waals surface area (Å²) in [4.78, 5) is 26.6. The molecule has 25 heavy (non-hydrogen) atoms. The van der Waals surface area contributed by atoms with Gasteiger partial charge in [-0.25, -0.2) is 0 Å². The van der Waals surface area contributed by atoms with Gasteiger partial charge in [-0.1, -0.05) is 6.07 Å². The molecule has 0 spiro atoms. The third-order valence-electron chi connectivity index (χ3n) is 3.79. The smallest absolute Gasteiger partial charge is 0.291 e. The largest absolute Gasteiger partial charge is 0.444 e. The molecule has 8 heteroatoms. The number of halogens is 2. The fraction of sp³-hybridized carbons (Fsp3) is 0.294. The molecule has 0 radical (unpaired) electrons. The normalized spacial score (nSPS) is 14.4. The Balaban J connectivity index is 0.00000225. The van der Waals surface area contributed by atoms with E-state index in [1.54, 1.807) is 36.4 Å². The van der Waals surface area contributed by atoms with Gasteiger partial charge in [0.25, 0.3) is 11.8 Å². The van der Waals surface area contributed by atoms with Crippen LogP contribution in [0.2, 0.25) is 0 Å². The fourth-order valence-corrected chi connectivity index (χ4v) is 2.90. The van der Waals surface area contributed by atoms with Crippen LogP contribution >= 0.6 is 28.3 Å². The van der Waals surface area contributed by atoms with Gasteiger partial charge >= 0.3 is 0 Å². The lowest BCUT2D eigenvalue weighted by atomic mass is 10.1. The topological polar surface area (TPSA) is 74.6 Å². The van der Waals surface area contributed by atoms with Gasteiger partial charge in [-0.05, 0) is 59.2 Å². The molecule has 1 aromatic carbocycles. The summed E-state index contributed by atoms with van der Waals surface area (Å²) in [7, 11) is 0. The predicted molar refractivity (Wildman–Crippen MR) is 101 cm³/mol. The van der Waals surface area contributed by atoms with Gasteiger partial charge in [-0.15, -0.1) is 12.4 Å². The molecule has 0 saturated carbocycles. The Morgan fingerprint density at radius 3 is 2.76 bits per heavy atom. The predicted octanol–water partition coefficient (Wildman–Crippen LogP) is 3.15. The molecule has 2 amide bonds. The summed E-state index contributed by atoms with van der Waals surface area (Å²) in [6.07, 6.45) is 0.940. The molecule has 6 nitrogen and oxygen atoms in total. The highest BCUT2D eigenvalue weighted by Crippen LogP contribution is 2.17. The number of nitrogens with zero attached hydrogens (tertiary/aromatic N) is 1. The summed E-state index contributed by atoms with van der Waals surface area (Å²) < 4.78 is 5.72. The van der Waals surface area contributed by atoms with Gasteiger partial charge in [0.2, 0.25) is 0 Å². The molecule has 3 rings (SSSR count). The van der Waals surface area contributed by atoms with Crippen molar-refractivity contribution in [3.05, 3.63) is 52.4 Å². The van der Waals surface area contributed by atoms with E-state index in [4.69, 9.17) is 4.42 Å². The first-order valence-electron chi connectivity index (χ1n) is 7.80. The zero-order valence-corrected chi connectivity index (χ0v) is 15.9. The number of hydrogen-bond acceptors (Lipinski definition) is 4. The molecule has 2 N–H and O–H groups in total. The van der Waals surface area contributed by atoms with Crippen molar-refractivity contribution in [2.45, 2.75) is 6.42 Å². The van der Waals surface area contributed by atoms with Gasteiger partial charge < -0.3 is 20.0 Å². The van der Waals surface area contributed by atoms with Crippen molar-refractivity contribution in [3.8, 4) is 0 Å². The second kappa shape index (κ2) is 9.03. The van der Waals surface area contributed by atoms with E-state index in [2.05, 4.69) is 26.6 Å². The Labute approximate surface area is 160 Å². The molecule has 1 saturated heterocycles. The Morgan fingerprint density at radius 2 is 2.00 bits per heavy atom. The van der Waals surface area contributed by atoms with E-state index in [-0.39, 0.29) is 30.0 Å². The lowest BCUT2D eigenvalue weighted by Gasteiger charge is -2.20. The molecule has 2 aromatic rings. The number of anilines is 1. The van der Waals surface area contributed by atoms with E-state index in [9.17, 15) is 9.59 Å². The summed E-state index contributed by atoms with van der Waals surface area (Å²) in [5.74, 6) is -0.169. The summed E-state index contributed by atoms with van der Waals surface area (Å²) in [6.45, 7) is 3.16. The Morgan fingerprint density at radius 1 is 1.16 bits per heavy atom. The zero-order chi connectivity index (χ0) is 16.9. The molecule has 0 aliphatic carbocycles. The van der Waals surface area contributed by atoms with Gasteiger partial charge in [-0.3, -0.25) is 9.59 Å². The SMILES string of the molecule is Cl.O=C(Nc1cccc(C(=O)N2CCCNCC2)c1)c1ccc(Br)o1. The van der Waals surface area contributed by atoms with E-state index in [1.807, 2.05) is 4.90 Å². The zero-order valence-electron chi connectivity index (χ0n) is 13.5. The highest BCUT2D eigenvalue weighted by Gasteiger charge is 2.18. The quantitative estimate of drug-likeness (QED) is 0.787. The lowest BCUT2D eigenvalue weighted by molar-refractivity contribution is 0.0766. The van der Waals surface area contributed by atoms with E-state index < -0.39 is 0 Å². The van der Waals surface area contributed by atoms with E-state index in [1.165, 1.54) is 0 Å². The molecular formula is C17H19BrClN3O3. The average molecular weight is 429 g/mol. The monoisotopic (exact) mass is 427 g/mol. The van der Waals surface area contributed by atoms with Crippen molar-refractivity contribution in [2.75, 3.05) is 31.5 Å². The number of carbonyl (C=O) groups excluding carboxylic acids is 2. The van der Waals surface area contributed by atoms with Crippen LogP contribution in [0.5, 0.6) is 0 Å². The first kappa shape index (κ1) is 19.5. The third kappa shape index (κ3) is 5.07. The minimum absolute atomic E-state index is 0. The van der Waals surface area contributed by atoms with Gasteiger partial charge in [0, 0.05) is 30.9 Å². The van der Waals surface area contributed by atoms with E-state index >= 15 is 0 Å². The maximum atomic E-state index is 12.6. The number of furan rings is 1. The Kier molecular flexibility index (Phi) is 7.04. The van der Waals surface area contributed by atoms with Gasteiger partial charge in [0.05, 0.1) is 0 Å². The number of nitrogens with one attached hydrogen (secondary N) is 2. The first-order chi connectivity index (χ1) is 11.6. The number of hydrogen-bond donors (Lipinski definition) is 2. The molecule has 134 valence electrons. The molecule has 1 aliphatic rings. The molecule has 1 fully saturated rings.